The summed E-state index contributed by atoms with van der Waals surface area (Å²) in [6, 6.07) is 2.84. The molecule has 0 unspecified atom stereocenters. The smallest absolute Gasteiger partial charge is 0.288 e. The number of carbonyl (C=O) groups is 2. The van der Waals surface area contributed by atoms with Gasteiger partial charge in [-0.15, -0.1) is 11.3 Å². The maximum atomic E-state index is 11.9. The number of ketones is 2. The van der Waals surface area contributed by atoms with Crippen molar-refractivity contribution < 1.29 is 22.8 Å². The molecule has 1 aromatic rings. The minimum Gasteiger partial charge on any atom is -0.288 e. The molecule has 0 bridgehead atoms. The van der Waals surface area contributed by atoms with E-state index < -0.39 is 23.3 Å². The summed E-state index contributed by atoms with van der Waals surface area (Å²) in [5.74, 6) is -3.17. The lowest BCUT2D eigenvalue weighted by Gasteiger charge is -2.05. The Hall–Kier alpha value is -1.43. The van der Waals surface area contributed by atoms with E-state index in [4.69, 9.17) is 0 Å². The zero-order valence-electron chi connectivity index (χ0n) is 7.30. The second-order valence-electron chi connectivity index (χ2n) is 2.61. The molecule has 0 fully saturated rings. The summed E-state index contributed by atoms with van der Waals surface area (Å²) < 4.78 is 35.8. The Morgan fingerprint density at radius 3 is 2.33 bits per heavy atom. The SMILES string of the molecule is C=C(C(=O)c1cccs1)C(=O)C(F)(F)F. The van der Waals surface area contributed by atoms with Crippen molar-refractivity contribution in [3.05, 3.63) is 34.5 Å². The van der Waals surface area contributed by atoms with Gasteiger partial charge in [-0.2, -0.15) is 13.2 Å². The highest BCUT2D eigenvalue weighted by Gasteiger charge is 2.42. The molecule has 6 heteroatoms. The van der Waals surface area contributed by atoms with Gasteiger partial charge in [-0.3, -0.25) is 9.59 Å². The number of rotatable bonds is 3. The van der Waals surface area contributed by atoms with Crippen molar-refractivity contribution in [3.63, 3.8) is 0 Å². The van der Waals surface area contributed by atoms with Crippen molar-refractivity contribution in [2.24, 2.45) is 0 Å². The van der Waals surface area contributed by atoms with Crippen LogP contribution in [0.15, 0.2) is 29.7 Å². The number of hydrogen-bond donors (Lipinski definition) is 0. The van der Waals surface area contributed by atoms with E-state index >= 15 is 0 Å². The fourth-order valence-electron chi connectivity index (χ4n) is 0.831. The second-order valence-corrected chi connectivity index (χ2v) is 3.56. The van der Waals surface area contributed by atoms with Crippen molar-refractivity contribution >= 4 is 22.9 Å². The molecule has 0 atom stereocenters. The Bertz CT molecular complexity index is 403. The first kappa shape index (κ1) is 11.6. The van der Waals surface area contributed by atoms with E-state index in [1.165, 1.54) is 17.5 Å². The zero-order chi connectivity index (χ0) is 11.6. The van der Waals surface area contributed by atoms with Crippen LogP contribution in [0.1, 0.15) is 9.67 Å². The van der Waals surface area contributed by atoms with Crippen LogP contribution >= 0.6 is 11.3 Å². The van der Waals surface area contributed by atoms with Gasteiger partial charge in [0.1, 0.15) is 0 Å². The van der Waals surface area contributed by atoms with Crippen molar-refractivity contribution in [2.45, 2.75) is 6.18 Å². The first-order chi connectivity index (χ1) is 6.84. The average molecular weight is 234 g/mol. The molecule has 0 spiro atoms. The molecule has 2 nitrogen and oxygen atoms in total. The van der Waals surface area contributed by atoms with Gasteiger partial charge in [-0.25, -0.2) is 0 Å². The molecule has 0 aliphatic heterocycles. The second kappa shape index (κ2) is 3.98. The highest BCUT2D eigenvalue weighted by Crippen LogP contribution is 2.23. The van der Waals surface area contributed by atoms with Gasteiger partial charge in [0.15, 0.2) is 0 Å². The minimum atomic E-state index is -5.05. The van der Waals surface area contributed by atoms with E-state index in [0.29, 0.717) is 0 Å². The quantitative estimate of drug-likeness (QED) is 0.348. The normalized spacial score (nSPS) is 11.1. The maximum Gasteiger partial charge on any atom is 0.454 e. The van der Waals surface area contributed by atoms with E-state index in [0.717, 1.165) is 11.3 Å². The van der Waals surface area contributed by atoms with E-state index in [-0.39, 0.29) is 4.88 Å². The molecule has 0 aliphatic carbocycles. The molecular formula is C9H5F3O2S. The van der Waals surface area contributed by atoms with Gasteiger partial charge >= 0.3 is 6.18 Å². The van der Waals surface area contributed by atoms with Crippen molar-refractivity contribution in [2.75, 3.05) is 0 Å². The number of thiophene rings is 1. The fraction of sp³-hybridized carbons (Fsp3) is 0.111. The van der Waals surface area contributed by atoms with Crippen LogP contribution in [0, 0.1) is 0 Å². The summed E-state index contributed by atoms with van der Waals surface area (Å²) in [5.41, 5.74) is -1.05. The molecule has 0 saturated carbocycles. The lowest BCUT2D eigenvalue weighted by molar-refractivity contribution is -0.166. The van der Waals surface area contributed by atoms with E-state index in [2.05, 4.69) is 6.58 Å². The van der Waals surface area contributed by atoms with E-state index in [9.17, 15) is 22.8 Å². The number of allylic oxidation sites excluding steroid dienone is 1. The topological polar surface area (TPSA) is 34.1 Å². The van der Waals surface area contributed by atoms with Gasteiger partial charge in [0.05, 0.1) is 10.5 Å². The number of halogens is 3. The summed E-state index contributed by atoms with van der Waals surface area (Å²) in [7, 11) is 0. The molecule has 1 rings (SSSR count). The van der Waals surface area contributed by atoms with Crippen LogP contribution in [0.2, 0.25) is 0 Å². The highest BCUT2D eigenvalue weighted by molar-refractivity contribution is 7.12. The van der Waals surface area contributed by atoms with Crippen molar-refractivity contribution in [1.29, 1.82) is 0 Å². The molecule has 0 radical (unpaired) electrons. The molecule has 1 aromatic heterocycles. The number of carbonyl (C=O) groups excluding carboxylic acids is 2. The van der Waals surface area contributed by atoms with Crippen LogP contribution in [-0.4, -0.2) is 17.7 Å². The van der Waals surface area contributed by atoms with Crippen molar-refractivity contribution in [3.8, 4) is 0 Å². The van der Waals surface area contributed by atoms with Gasteiger partial charge in [-0.05, 0) is 11.4 Å². The number of alkyl halides is 3. The molecular weight excluding hydrogens is 229 g/mol. The zero-order valence-corrected chi connectivity index (χ0v) is 8.11. The Balaban J connectivity index is 2.88. The van der Waals surface area contributed by atoms with Crippen LogP contribution in [0.25, 0.3) is 0 Å². The molecule has 0 amide bonds. The third-order valence-corrected chi connectivity index (χ3v) is 2.42. The van der Waals surface area contributed by atoms with Crippen LogP contribution < -0.4 is 0 Å². The van der Waals surface area contributed by atoms with Gasteiger partial charge in [0, 0.05) is 0 Å². The number of hydrogen-bond acceptors (Lipinski definition) is 3. The molecule has 1 heterocycles. The standard InChI is InChI=1S/C9H5F3O2S/c1-5(8(14)9(10,11)12)7(13)6-3-2-4-15-6/h2-4H,1H2. The van der Waals surface area contributed by atoms with Crippen molar-refractivity contribution in [1.82, 2.24) is 0 Å². The number of Topliss-reactive ketones (excluding diaryl/α,β-unsaturated/α-hetero) is 2. The monoisotopic (exact) mass is 234 g/mol. The lowest BCUT2D eigenvalue weighted by Crippen LogP contribution is -2.27. The average Bonchev–Trinajstić information content (AvgIpc) is 2.65. The Kier molecular flexibility index (Phi) is 3.09. The van der Waals surface area contributed by atoms with Gasteiger partial charge in [0.2, 0.25) is 5.78 Å². The molecule has 80 valence electrons. The fourth-order valence-corrected chi connectivity index (χ4v) is 1.52. The molecule has 0 aromatic carbocycles. The van der Waals surface area contributed by atoms with Crippen LogP contribution in [0.3, 0.4) is 0 Å². The van der Waals surface area contributed by atoms with Gasteiger partial charge in [-0.1, -0.05) is 12.6 Å². The summed E-state index contributed by atoms with van der Waals surface area (Å²) in [4.78, 5) is 22.0. The first-order valence-corrected chi connectivity index (χ1v) is 4.60. The van der Waals surface area contributed by atoms with Crippen LogP contribution in [0.4, 0.5) is 13.2 Å². The largest absolute Gasteiger partial charge is 0.454 e. The summed E-state index contributed by atoms with van der Waals surface area (Å²) >= 11 is 0.957. The molecule has 0 saturated heterocycles. The Morgan fingerprint density at radius 2 is 1.93 bits per heavy atom. The van der Waals surface area contributed by atoms with Crippen LogP contribution in [0.5, 0.6) is 0 Å². The lowest BCUT2D eigenvalue weighted by atomic mass is 10.1. The van der Waals surface area contributed by atoms with E-state index in [1.807, 2.05) is 0 Å². The summed E-state index contributed by atoms with van der Waals surface area (Å²) in [6.45, 7) is 2.86. The maximum absolute atomic E-state index is 11.9. The predicted octanol–water partition coefficient (Wildman–Crippen LogP) is 2.62. The third kappa shape index (κ3) is 2.53. The summed E-state index contributed by atoms with van der Waals surface area (Å²) in [5, 5.41) is 1.53. The highest BCUT2D eigenvalue weighted by atomic mass is 32.1. The van der Waals surface area contributed by atoms with Crippen LogP contribution in [-0.2, 0) is 4.79 Å². The molecule has 15 heavy (non-hydrogen) atoms. The predicted molar refractivity (Wildman–Crippen MR) is 48.9 cm³/mol. The van der Waals surface area contributed by atoms with E-state index in [1.54, 1.807) is 0 Å². The molecule has 0 aliphatic rings. The van der Waals surface area contributed by atoms with Gasteiger partial charge < -0.3 is 0 Å². The Labute approximate surface area is 87.0 Å². The first-order valence-electron chi connectivity index (χ1n) is 3.72. The minimum absolute atomic E-state index is 0.0672. The summed E-state index contributed by atoms with van der Waals surface area (Å²) in [6.07, 6.45) is -5.05. The Morgan fingerprint density at radius 1 is 1.33 bits per heavy atom. The van der Waals surface area contributed by atoms with Gasteiger partial charge in [0.25, 0.3) is 5.78 Å². The molecule has 0 N–H and O–H groups in total. The third-order valence-electron chi connectivity index (χ3n) is 1.55.